The van der Waals surface area contributed by atoms with E-state index in [1.165, 1.54) is 0 Å². The van der Waals surface area contributed by atoms with Gasteiger partial charge >= 0.3 is 0 Å². The van der Waals surface area contributed by atoms with Crippen LogP contribution in [-0.2, 0) is 6.42 Å². The number of carbonyl (C=O) groups is 1. The van der Waals surface area contributed by atoms with E-state index in [1.807, 2.05) is 20.8 Å². The Hall–Kier alpha value is -1.38. The van der Waals surface area contributed by atoms with Gasteiger partial charge in [-0.05, 0) is 39.2 Å². The van der Waals surface area contributed by atoms with Gasteiger partial charge in [0.25, 0.3) is 5.56 Å². The van der Waals surface area contributed by atoms with E-state index in [0.717, 1.165) is 29.7 Å². The minimum atomic E-state index is 0.0148. The number of aryl methyl sites for hydroxylation is 1. The van der Waals surface area contributed by atoms with Crippen molar-refractivity contribution < 1.29 is 4.79 Å². The summed E-state index contributed by atoms with van der Waals surface area (Å²) in [5, 5.41) is 0. The number of fused-ring (bicyclic) bond motifs is 1. The van der Waals surface area contributed by atoms with Gasteiger partial charge in [-0.25, -0.2) is 0 Å². The average molecular weight is 219 g/mol. The molecule has 0 radical (unpaired) electrons. The Morgan fingerprint density at radius 3 is 2.56 bits per heavy atom. The molecule has 0 aliphatic heterocycles. The molecule has 0 saturated carbocycles. The van der Waals surface area contributed by atoms with Gasteiger partial charge in [0, 0.05) is 29.8 Å². The van der Waals surface area contributed by atoms with Crippen molar-refractivity contribution in [2.75, 3.05) is 0 Å². The third kappa shape index (κ3) is 1.60. The normalized spacial score (nSPS) is 15.4. The predicted octanol–water partition coefficient (Wildman–Crippen LogP) is 2.26. The van der Waals surface area contributed by atoms with Crippen LogP contribution >= 0.6 is 0 Å². The Kier molecular flexibility index (Phi) is 2.70. The number of ketones is 1. The lowest BCUT2D eigenvalue weighted by Crippen LogP contribution is -2.30. The molecule has 0 saturated heterocycles. The third-order valence-electron chi connectivity index (χ3n) is 3.16. The number of aromatic nitrogens is 1. The maximum absolute atomic E-state index is 11.9. The van der Waals surface area contributed by atoms with Crippen LogP contribution in [0.15, 0.2) is 10.9 Å². The fourth-order valence-electron chi connectivity index (χ4n) is 2.54. The number of nitrogens with zero attached hydrogens (tertiary/aromatic N) is 1. The van der Waals surface area contributed by atoms with E-state index in [-0.39, 0.29) is 17.4 Å². The highest BCUT2D eigenvalue weighted by Gasteiger charge is 2.23. The minimum Gasteiger partial charge on any atom is -0.309 e. The largest absolute Gasteiger partial charge is 0.309 e. The first kappa shape index (κ1) is 11.1. The van der Waals surface area contributed by atoms with Gasteiger partial charge in [-0.3, -0.25) is 9.59 Å². The lowest BCUT2D eigenvalue weighted by atomic mass is 9.91. The Balaban J connectivity index is 2.78. The molecule has 0 unspecified atom stereocenters. The lowest BCUT2D eigenvalue weighted by molar-refractivity contribution is 0.0969. The first-order valence-electron chi connectivity index (χ1n) is 5.80. The predicted molar refractivity (Wildman–Crippen MR) is 63.1 cm³/mol. The van der Waals surface area contributed by atoms with Crippen molar-refractivity contribution in [1.29, 1.82) is 0 Å². The smallest absolute Gasteiger partial charge is 0.251 e. The second kappa shape index (κ2) is 3.89. The maximum Gasteiger partial charge on any atom is 0.251 e. The molecule has 16 heavy (non-hydrogen) atoms. The average Bonchev–Trinajstić information content (AvgIpc) is 2.15. The minimum absolute atomic E-state index is 0.0148. The van der Waals surface area contributed by atoms with Crippen LogP contribution in [0.4, 0.5) is 0 Å². The number of pyridine rings is 1. The van der Waals surface area contributed by atoms with Crippen molar-refractivity contribution in [3.63, 3.8) is 0 Å². The van der Waals surface area contributed by atoms with E-state index in [1.54, 1.807) is 10.6 Å². The van der Waals surface area contributed by atoms with E-state index in [9.17, 15) is 9.59 Å². The van der Waals surface area contributed by atoms with Gasteiger partial charge in [0.2, 0.25) is 0 Å². The topological polar surface area (TPSA) is 39.1 Å². The van der Waals surface area contributed by atoms with E-state index in [0.29, 0.717) is 6.42 Å². The fourth-order valence-corrected chi connectivity index (χ4v) is 2.54. The van der Waals surface area contributed by atoms with Crippen molar-refractivity contribution in [2.24, 2.45) is 0 Å². The molecule has 0 atom stereocenters. The van der Waals surface area contributed by atoms with Crippen LogP contribution in [0, 0.1) is 6.92 Å². The molecule has 0 amide bonds. The molecule has 0 spiro atoms. The maximum atomic E-state index is 11.9. The first-order chi connectivity index (χ1) is 7.52. The number of carbonyl (C=O) groups excluding carboxylic acids is 1. The van der Waals surface area contributed by atoms with Crippen molar-refractivity contribution in [3.8, 4) is 0 Å². The highest BCUT2D eigenvalue weighted by atomic mass is 16.1. The molecule has 3 nitrogen and oxygen atoms in total. The molecule has 0 bridgehead atoms. The summed E-state index contributed by atoms with van der Waals surface area (Å²) in [6, 6.07) is 1.70. The molecule has 86 valence electrons. The van der Waals surface area contributed by atoms with Crippen LogP contribution in [0.5, 0.6) is 0 Å². The summed E-state index contributed by atoms with van der Waals surface area (Å²) in [4.78, 5) is 23.8. The fraction of sp³-hybridized carbons (Fsp3) is 0.538. The van der Waals surface area contributed by atoms with Gasteiger partial charge in [0.05, 0.1) is 0 Å². The van der Waals surface area contributed by atoms with Crippen LogP contribution in [0.3, 0.4) is 0 Å². The Morgan fingerprint density at radius 2 is 1.94 bits per heavy atom. The van der Waals surface area contributed by atoms with Gasteiger partial charge in [-0.2, -0.15) is 0 Å². The molecular formula is C13H17NO2. The zero-order chi connectivity index (χ0) is 11.9. The monoisotopic (exact) mass is 219 g/mol. The standard InChI is InChI=1S/C13H17NO2/c1-8(2)14-10-5-4-6-11(15)13(10)9(3)7-12(14)16/h7-8H,4-6H2,1-3H3. The van der Waals surface area contributed by atoms with Gasteiger partial charge in [0.1, 0.15) is 0 Å². The Labute approximate surface area is 95.1 Å². The molecule has 0 fully saturated rings. The van der Waals surface area contributed by atoms with E-state index < -0.39 is 0 Å². The lowest BCUT2D eigenvalue weighted by Gasteiger charge is -2.23. The third-order valence-corrected chi connectivity index (χ3v) is 3.16. The van der Waals surface area contributed by atoms with E-state index in [2.05, 4.69) is 0 Å². The van der Waals surface area contributed by atoms with Gasteiger partial charge < -0.3 is 4.57 Å². The van der Waals surface area contributed by atoms with Gasteiger partial charge in [-0.15, -0.1) is 0 Å². The molecule has 1 aromatic heterocycles. The molecule has 1 heterocycles. The molecule has 1 aliphatic carbocycles. The van der Waals surface area contributed by atoms with E-state index >= 15 is 0 Å². The number of hydrogen-bond acceptors (Lipinski definition) is 2. The summed E-state index contributed by atoms with van der Waals surface area (Å²) in [6.07, 6.45) is 2.32. The molecule has 0 N–H and O–H groups in total. The van der Waals surface area contributed by atoms with Crippen LogP contribution in [-0.4, -0.2) is 10.4 Å². The summed E-state index contributed by atoms with van der Waals surface area (Å²) in [6.45, 7) is 5.82. The highest BCUT2D eigenvalue weighted by molar-refractivity contribution is 5.99. The zero-order valence-corrected chi connectivity index (χ0v) is 10.0. The first-order valence-corrected chi connectivity index (χ1v) is 5.80. The number of Topliss-reactive ketones (excluding diaryl/α,β-unsaturated/α-hetero) is 1. The van der Waals surface area contributed by atoms with Crippen LogP contribution in [0.1, 0.15) is 54.3 Å². The number of rotatable bonds is 1. The van der Waals surface area contributed by atoms with Crippen molar-refractivity contribution in [2.45, 2.75) is 46.1 Å². The quantitative estimate of drug-likeness (QED) is 0.726. The highest BCUT2D eigenvalue weighted by Crippen LogP contribution is 2.24. The van der Waals surface area contributed by atoms with Crippen LogP contribution in [0.2, 0.25) is 0 Å². The van der Waals surface area contributed by atoms with Crippen LogP contribution in [0.25, 0.3) is 0 Å². The summed E-state index contributed by atoms with van der Waals surface area (Å²) >= 11 is 0. The second-order valence-corrected chi connectivity index (χ2v) is 4.73. The van der Waals surface area contributed by atoms with Crippen molar-refractivity contribution in [1.82, 2.24) is 4.57 Å². The summed E-state index contributed by atoms with van der Waals surface area (Å²) in [5.74, 6) is 0.188. The summed E-state index contributed by atoms with van der Waals surface area (Å²) < 4.78 is 1.76. The summed E-state index contributed by atoms with van der Waals surface area (Å²) in [5.41, 5.74) is 2.58. The van der Waals surface area contributed by atoms with Gasteiger partial charge in [-0.1, -0.05) is 0 Å². The molecule has 2 rings (SSSR count). The summed E-state index contributed by atoms with van der Waals surface area (Å²) in [7, 11) is 0. The van der Waals surface area contributed by atoms with Crippen molar-refractivity contribution in [3.05, 3.63) is 33.2 Å². The SMILES string of the molecule is Cc1cc(=O)n(C(C)C)c2c1C(=O)CCC2. The molecule has 0 aromatic carbocycles. The number of hydrogen-bond donors (Lipinski definition) is 0. The second-order valence-electron chi connectivity index (χ2n) is 4.73. The van der Waals surface area contributed by atoms with Gasteiger partial charge in [0.15, 0.2) is 5.78 Å². The Morgan fingerprint density at radius 1 is 1.25 bits per heavy atom. The molecule has 1 aromatic rings. The van der Waals surface area contributed by atoms with Crippen LogP contribution < -0.4 is 5.56 Å². The molecular weight excluding hydrogens is 202 g/mol. The van der Waals surface area contributed by atoms with Crippen molar-refractivity contribution >= 4 is 5.78 Å². The zero-order valence-electron chi connectivity index (χ0n) is 10.0. The molecule has 1 aliphatic rings. The molecule has 3 heteroatoms. The van der Waals surface area contributed by atoms with E-state index in [4.69, 9.17) is 0 Å². The Bertz CT molecular complexity index is 497.